The van der Waals surface area contributed by atoms with Crippen LogP contribution in [0.15, 0.2) is 47.5 Å². The minimum Gasteiger partial charge on any atom is -0.378 e. The summed E-state index contributed by atoms with van der Waals surface area (Å²) in [5.74, 6) is 0. The van der Waals surface area contributed by atoms with Gasteiger partial charge in [0.25, 0.3) is 0 Å². The van der Waals surface area contributed by atoms with Crippen LogP contribution in [0.2, 0.25) is 0 Å². The molecule has 1 heterocycles. The van der Waals surface area contributed by atoms with Crippen LogP contribution in [0.4, 0.5) is 5.69 Å². The van der Waals surface area contributed by atoms with Crippen molar-refractivity contribution >= 4 is 15.5 Å². The summed E-state index contributed by atoms with van der Waals surface area (Å²) in [6.07, 6.45) is 4.35. The van der Waals surface area contributed by atoms with Crippen molar-refractivity contribution in [3.8, 4) is 0 Å². The van der Waals surface area contributed by atoms with Crippen LogP contribution in [-0.2, 0) is 22.9 Å². The predicted octanol–water partition coefficient (Wildman–Crippen LogP) is 2.91. The number of nitrogens with zero attached hydrogens (tertiary/aromatic N) is 1. The minimum atomic E-state index is -3.21. The fraction of sp³-hybridized carbons (Fsp3) is 0.333. The van der Waals surface area contributed by atoms with Gasteiger partial charge in [0.15, 0.2) is 9.84 Å². The SMILES string of the molecule is CCCn1cccc1CNc1ccccc1S(C)(=O)=O. The van der Waals surface area contributed by atoms with Gasteiger partial charge in [0.05, 0.1) is 17.1 Å². The number of hydrogen-bond acceptors (Lipinski definition) is 3. The third-order valence-corrected chi connectivity index (χ3v) is 4.29. The smallest absolute Gasteiger partial charge is 0.177 e. The van der Waals surface area contributed by atoms with Crippen LogP contribution in [0, 0.1) is 0 Å². The molecular weight excluding hydrogens is 272 g/mol. The zero-order valence-corrected chi connectivity index (χ0v) is 12.7. The number of para-hydroxylation sites is 1. The number of anilines is 1. The first kappa shape index (κ1) is 14.7. The Morgan fingerprint density at radius 3 is 2.60 bits per heavy atom. The van der Waals surface area contributed by atoms with Gasteiger partial charge in [0.1, 0.15) is 0 Å². The van der Waals surface area contributed by atoms with Gasteiger partial charge in [-0.05, 0) is 30.7 Å². The standard InChI is InChI=1S/C15H20N2O2S/c1-3-10-17-11-6-7-13(17)12-16-14-8-4-5-9-15(14)20(2,18)19/h4-9,11,16H,3,10,12H2,1-2H3. The second-order valence-electron chi connectivity index (χ2n) is 4.81. The normalized spacial score (nSPS) is 11.5. The lowest BCUT2D eigenvalue weighted by Crippen LogP contribution is -2.09. The van der Waals surface area contributed by atoms with E-state index >= 15 is 0 Å². The summed E-state index contributed by atoms with van der Waals surface area (Å²) in [5.41, 5.74) is 1.80. The van der Waals surface area contributed by atoms with E-state index in [2.05, 4.69) is 16.8 Å². The van der Waals surface area contributed by atoms with E-state index in [9.17, 15) is 8.42 Å². The zero-order valence-electron chi connectivity index (χ0n) is 11.8. The van der Waals surface area contributed by atoms with Crippen LogP contribution in [0.1, 0.15) is 19.0 Å². The Kier molecular flexibility index (Phi) is 4.49. The van der Waals surface area contributed by atoms with E-state index in [1.165, 1.54) is 6.26 Å². The van der Waals surface area contributed by atoms with Gasteiger partial charge < -0.3 is 9.88 Å². The maximum atomic E-state index is 11.7. The highest BCUT2D eigenvalue weighted by Gasteiger charge is 2.12. The van der Waals surface area contributed by atoms with E-state index in [-0.39, 0.29) is 0 Å². The second kappa shape index (κ2) is 6.13. The molecule has 0 spiro atoms. The average molecular weight is 292 g/mol. The fourth-order valence-corrected chi connectivity index (χ4v) is 3.06. The van der Waals surface area contributed by atoms with Crippen LogP contribution in [0.25, 0.3) is 0 Å². The summed E-state index contributed by atoms with van der Waals surface area (Å²) < 4.78 is 25.7. The second-order valence-corrected chi connectivity index (χ2v) is 6.80. The monoisotopic (exact) mass is 292 g/mol. The number of aromatic nitrogens is 1. The molecule has 20 heavy (non-hydrogen) atoms. The number of benzene rings is 1. The molecular formula is C15H20N2O2S. The van der Waals surface area contributed by atoms with Crippen molar-refractivity contribution in [2.24, 2.45) is 0 Å². The molecule has 0 radical (unpaired) electrons. The summed E-state index contributed by atoms with van der Waals surface area (Å²) in [4.78, 5) is 0.341. The van der Waals surface area contributed by atoms with Crippen molar-refractivity contribution in [3.05, 3.63) is 48.3 Å². The summed E-state index contributed by atoms with van der Waals surface area (Å²) in [7, 11) is -3.21. The molecule has 2 aromatic rings. The topological polar surface area (TPSA) is 51.1 Å². The van der Waals surface area contributed by atoms with Crippen LogP contribution in [0.5, 0.6) is 0 Å². The van der Waals surface area contributed by atoms with Crippen molar-refractivity contribution in [1.29, 1.82) is 0 Å². The van der Waals surface area contributed by atoms with Crippen LogP contribution < -0.4 is 5.32 Å². The van der Waals surface area contributed by atoms with Gasteiger partial charge in [-0.25, -0.2) is 8.42 Å². The lowest BCUT2D eigenvalue weighted by Gasteiger charge is -2.12. The Hall–Kier alpha value is -1.75. The maximum Gasteiger partial charge on any atom is 0.177 e. The summed E-state index contributed by atoms with van der Waals surface area (Å²) in [6, 6.07) is 11.1. The first-order valence-corrected chi connectivity index (χ1v) is 8.58. The first-order valence-electron chi connectivity index (χ1n) is 6.69. The number of rotatable bonds is 6. The molecule has 0 aliphatic heterocycles. The fourth-order valence-electron chi connectivity index (χ4n) is 2.19. The molecule has 4 nitrogen and oxygen atoms in total. The van der Waals surface area contributed by atoms with Crippen molar-refractivity contribution in [2.75, 3.05) is 11.6 Å². The molecule has 108 valence electrons. The van der Waals surface area contributed by atoms with Gasteiger partial charge in [-0.15, -0.1) is 0 Å². The third kappa shape index (κ3) is 3.42. The highest BCUT2D eigenvalue weighted by Crippen LogP contribution is 2.21. The average Bonchev–Trinajstić information content (AvgIpc) is 2.83. The minimum absolute atomic E-state index is 0.341. The molecule has 0 saturated carbocycles. The molecule has 0 unspecified atom stereocenters. The molecule has 0 aliphatic carbocycles. The Balaban J connectivity index is 2.17. The Morgan fingerprint density at radius 1 is 1.15 bits per heavy atom. The van der Waals surface area contributed by atoms with Crippen LogP contribution >= 0.6 is 0 Å². The number of hydrogen-bond donors (Lipinski definition) is 1. The maximum absolute atomic E-state index is 11.7. The molecule has 2 rings (SSSR count). The van der Waals surface area contributed by atoms with Gasteiger partial charge in [-0.2, -0.15) is 0 Å². The van der Waals surface area contributed by atoms with E-state index in [0.29, 0.717) is 17.1 Å². The van der Waals surface area contributed by atoms with Crippen molar-refractivity contribution < 1.29 is 8.42 Å². The lowest BCUT2D eigenvalue weighted by atomic mass is 10.3. The molecule has 0 amide bonds. The van der Waals surface area contributed by atoms with E-state index in [0.717, 1.165) is 18.7 Å². The predicted molar refractivity (Wildman–Crippen MR) is 81.6 cm³/mol. The van der Waals surface area contributed by atoms with Crippen molar-refractivity contribution in [3.63, 3.8) is 0 Å². The van der Waals surface area contributed by atoms with Gasteiger partial charge in [-0.1, -0.05) is 19.1 Å². The van der Waals surface area contributed by atoms with Crippen LogP contribution in [0.3, 0.4) is 0 Å². The molecule has 0 bridgehead atoms. The highest BCUT2D eigenvalue weighted by molar-refractivity contribution is 7.90. The molecule has 5 heteroatoms. The van der Waals surface area contributed by atoms with E-state index in [1.54, 1.807) is 18.2 Å². The Morgan fingerprint density at radius 2 is 1.90 bits per heavy atom. The molecule has 0 aliphatic rings. The lowest BCUT2D eigenvalue weighted by molar-refractivity contribution is 0.602. The quantitative estimate of drug-likeness (QED) is 0.890. The number of aryl methyl sites for hydroxylation is 1. The van der Waals surface area contributed by atoms with E-state index < -0.39 is 9.84 Å². The molecule has 1 N–H and O–H groups in total. The van der Waals surface area contributed by atoms with Gasteiger partial charge in [0, 0.05) is 24.7 Å². The first-order chi connectivity index (χ1) is 9.52. The van der Waals surface area contributed by atoms with Gasteiger partial charge >= 0.3 is 0 Å². The van der Waals surface area contributed by atoms with Crippen molar-refractivity contribution in [1.82, 2.24) is 4.57 Å². The van der Waals surface area contributed by atoms with Gasteiger partial charge in [0.2, 0.25) is 0 Å². The van der Waals surface area contributed by atoms with Crippen molar-refractivity contribution in [2.45, 2.75) is 31.3 Å². The Bertz CT molecular complexity index is 675. The molecule has 0 atom stereocenters. The summed E-state index contributed by atoms with van der Waals surface area (Å²) in [6.45, 7) is 3.72. The van der Waals surface area contributed by atoms with E-state index in [1.807, 2.05) is 24.4 Å². The molecule has 0 fully saturated rings. The molecule has 0 saturated heterocycles. The Labute approximate surface area is 120 Å². The summed E-state index contributed by atoms with van der Waals surface area (Å²) in [5, 5.41) is 3.22. The number of sulfone groups is 1. The third-order valence-electron chi connectivity index (χ3n) is 3.13. The molecule has 1 aromatic carbocycles. The van der Waals surface area contributed by atoms with Crippen LogP contribution in [-0.4, -0.2) is 19.2 Å². The highest BCUT2D eigenvalue weighted by atomic mass is 32.2. The largest absolute Gasteiger partial charge is 0.378 e. The summed E-state index contributed by atoms with van der Waals surface area (Å²) >= 11 is 0. The zero-order chi connectivity index (χ0) is 14.6. The molecule has 1 aromatic heterocycles. The van der Waals surface area contributed by atoms with Gasteiger partial charge in [-0.3, -0.25) is 0 Å². The number of nitrogens with one attached hydrogen (secondary N) is 1. The van der Waals surface area contributed by atoms with E-state index in [4.69, 9.17) is 0 Å².